The molecule has 0 saturated carbocycles. The molecule has 0 radical (unpaired) electrons. The summed E-state index contributed by atoms with van der Waals surface area (Å²) in [5.41, 5.74) is 3.71. The van der Waals surface area contributed by atoms with Crippen LogP contribution in [-0.2, 0) is 4.74 Å². The quantitative estimate of drug-likeness (QED) is 0.655. The number of aromatic nitrogens is 1. The highest BCUT2D eigenvalue weighted by Gasteiger charge is 2.13. The van der Waals surface area contributed by atoms with Gasteiger partial charge >= 0.3 is 0 Å². The van der Waals surface area contributed by atoms with Crippen LogP contribution in [-0.4, -0.2) is 11.6 Å². The summed E-state index contributed by atoms with van der Waals surface area (Å²) in [6.07, 6.45) is 5.48. The predicted molar refractivity (Wildman–Crippen MR) is 52.7 cm³/mol. The lowest BCUT2D eigenvalue weighted by atomic mass is 10.2. The van der Waals surface area contributed by atoms with Gasteiger partial charge in [-0.05, 0) is 31.9 Å². The van der Waals surface area contributed by atoms with E-state index in [9.17, 15) is 0 Å². The van der Waals surface area contributed by atoms with Gasteiger partial charge in [-0.15, -0.1) is 0 Å². The fourth-order valence-corrected chi connectivity index (χ4v) is 1.58. The Bertz CT molecular complexity index is 305. The summed E-state index contributed by atoms with van der Waals surface area (Å²) in [7, 11) is 0. The van der Waals surface area contributed by atoms with Gasteiger partial charge in [-0.25, -0.2) is 0 Å². The minimum atomic E-state index is 0.140. The standard InChI is InChI=1S/C11H15NO/c1-8-7-10(12-9(8)2)11-5-3-4-6-13-11/h3,5,7,11-12H,4,6H2,1-2H3. The van der Waals surface area contributed by atoms with Gasteiger partial charge in [0, 0.05) is 11.4 Å². The lowest BCUT2D eigenvalue weighted by molar-refractivity contribution is 0.0775. The van der Waals surface area contributed by atoms with Gasteiger partial charge in [0.15, 0.2) is 0 Å². The third-order valence-corrected chi connectivity index (χ3v) is 2.49. The molecule has 0 bridgehead atoms. The Labute approximate surface area is 78.6 Å². The van der Waals surface area contributed by atoms with Gasteiger partial charge in [0.2, 0.25) is 0 Å². The van der Waals surface area contributed by atoms with Crippen molar-refractivity contribution in [2.24, 2.45) is 0 Å². The van der Waals surface area contributed by atoms with Crippen molar-refractivity contribution in [3.05, 3.63) is 35.2 Å². The lowest BCUT2D eigenvalue weighted by Gasteiger charge is -2.16. The molecule has 1 aliphatic heterocycles. The van der Waals surface area contributed by atoms with Crippen LogP contribution in [0.2, 0.25) is 0 Å². The van der Waals surface area contributed by atoms with E-state index in [2.05, 4.69) is 37.0 Å². The van der Waals surface area contributed by atoms with E-state index >= 15 is 0 Å². The Morgan fingerprint density at radius 3 is 2.85 bits per heavy atom. The number of aryl methyl sites for hydroxylation is 2. The monoisotopic (exact) mass is 177 g/mol. The largest absolute Gasteiger partial charge is 0.368 e. The number of hydrogen-bond acceptors (Lipinski definition) is 1. The first-order valence-corrected chi connectivity index (χ1v) is 4.72. The van der Waals surface area contributed by atoms with Crippen LogP contribution >= 0.6 is 0 Å². The predicted octanol–water partition coefficient (Wildman–Crippen LogP) is 2.65. The molecule has 0 fully saturated rings. The van der Waals surface area contributed by atoms with Crippen molar-refractivity contribution < 1.29 is 4.74 Å². The number of nitrogens with one attached hydrogen (secondary N) is 1. The van der Waals surface area contributed by atoms with E-state index in [-0.39, 0.29) is 6.10 Å². The molecule has 1 aliphatic rings. The molecule has 0 spiro atoms. The summed E-state index contributed by atoms with van der Waals surface area (Å²) in [6, 6.07) is 2.16. The molecule has 1 aromatic rings. The summed E-state index contributed by atoms with van der Waals surface area (Å²) in [4.78, 5) is 3.34. The van der Waals surface area contributed by atoms with Gasteiger partial charge in [-0.2, -0.15) is 0 Å². The van der Waals surface area contributed by atoms with Crippen LogP contribution in [0.25, 0.3) is 0 Å². The molecule has 1 aromatic heterocycles. The first-order chi connectivity index (χ1) is 6.27. The van der Waals surface area contributed by atoms with Crippen molar-refractivity contribution in [1.82, 2.24) is 4.98 Å². The molecular formula is C11H15NO. The molecule has 1 atom stereocenters. The molecule has 0 amide bonds. The van der Waals surface area contributed by atoms with Crippen LogP contribution in [0.15, 0.2) is 18.2 Å². The van der Waals surface area contributed by atoms with Crippen molar-refractivity contribution in [1.29, 1.82) is 0 Å². The molecule has 0 saturated heterocycles. The zero-order valence-electron chi connectivity index (χ0n) is 8.13. The summed E-state index contributed by atoms with van der Waals surface area (Å²) >= 11 is 0. The average molecular weight is 177 g/mol. The van der Waals surface area contributed by atoms with Crippen LogP contribution in [0.1, 0.15) is 29.5 Å². The second-order valence-corrected chi connectivity index (χ2v) is 3.54. The molecule has 70 valence electrons. The number of ether oxygens (including phenoxy) is 1. The molecular weight excluding hydrogens is 162 g/mol. The summed E-state index contributed by atoms with van der Waals surface area (Å²) in [5.74, 6) is 0. The highest BCUT2D eigenvalue weighted by molar-refractivity contribution is 5.26. The molecule has 1 unspecified atom stereocenters. The fraction of sp³-hybridized carbons (Fsp3) is 0.455. The van der Waals surface area contributed by atoms with Crippen LogP contribution < -0.4 is 0 Å². The van der Waals surface area contributed by atoms with Gasteiger partial charge in [-0.1, -0.05) is 12.2 Å². The van der Waals surface area contributed by atoms with Crippen molar-refractivity contribution in [3.63, 3.8) is 0 Å². The molecule has 0 aliphatic carbocycles. The van der Waals surface area contributed by atoms with Gasteiger partial charge < -0.3 is 9.72 Å². The molecule has 0 aromatic carbocycles. The van der Waals surface area contributed by atoms with Crippen molar-refractivity contribution in [2.45, 2.75) is 26.4 Å². The van der Waals surface area contributed by atoms with E-state index in [1.807, 2.05) is 0 Å². The first-order valence-electron chi connectivity index (χ1n) is 4.72. The van der Waals surface area contributed by atoms with Gasteiger partial charge in [0.1, 0.15) is 6.10 Å². The Balaban J connectivity index is 2.24. The number of hydrogen-bond donors (Lipinski definition) is 1. The van der Waals surface area contributed by atoms with Crippen molar-refractivity contribution >= 4 is 0 Å². The Morgan fingerprint density at radius 1 is 1.46 bits per heavy atom. The zero-order valence-corrected chi connectivity index (χ0v) is 8.13. The molecule has 2 heteroatoms. The van der Waals surface area contributed by atoms with E-state index < -0.39 is 0 Å². The van der Waals surface area contributed by atoms with Crippen LogP contribution in [0.3, 0.4) is 0 Å². The summed E-state index contributed by atoms with van der Waals surface area (Å²) < 4.78 is 5.61. The number of aromatic amines is 1. The molecule has 2 heterocycles. The average Bonchev–Trinajstić information content (AvgIpc) is 2.49. The Morgan fingerprint density at radius 2 is 2.31 bits per heavy atom. The van der Waals surface area contributed by atoms with E-state index in [0.717, 1.165) is 13.0 Å². The van der Waals surface area contributed by atoms with Gasteiger partial charge in [0.05, 0.1) is 6.61 Å². The Hall–Kier alpha value is -1.02. The normalized spacial score (nSPS) is 22.2. The minimum absolute atomic E-state index is 0.140. The van der Waals surface area contributed by atoms with E-state index in [1.165, 1.54) is 17.0 Å². The van der Waals surface area contributed by atoms with Crippen molar-refractivity contribution in [3.8, 4) is 0 Å². The van der Waals surface area contributed by atoms with Crippen LogP contribution in [0.5, 0.6) is 0 Å². The smallest absolute Gasteiger partial charge is 0.115 e. The summed E-state index contributed by atoms with van der Waals surface area (Å²) in [5, 5.41) is 0. The topological polar surface area (TPSA) is 25.0 Å². The third kappa shape index (κ3) is 1.68. The first kappa shape index (κ1) is 8.57. The minimum Gasteiger partial charge on any atom is -0.368 e. The zero-order chi connectivity index (χ0) is 9.26. The maximum absolute atomic E-state index is 5.61. The molecule has 2 rings (SSSR count). The van der Waals surface area contributed by atoms with E-state index in [1.54, 1.807) is 0 Å². The maximum Gasteiger partial charge on any atom is 0.115 e. The molecule has 1 N–H and O–H groups in total. The summed E-state index contributed by atoms with van der Waals surface area (Å²) in [6.45, 7) is 5.03. The van der Waals surface area contributed by atoms with Crippen LogP contribution in [0, 0.1) is 13.8 Å². The molecule has 2 nitrogen and oxygen atoms in total. The third-order valence-electron chi connectivity index (χ3n) is 2.49. The Kier molecular flexibility index (Phi) is 2.23. The lowest BCUT2D eigenvalue weighted by Crippen LogP contribution is -2.06. The second kappa shape index (κ2) is 3.38. The van der Waals surface area contributed by atoms with E-state index in [4.69, 9.17) is 4.74 Å². The highest BCUT2D eigenvalue weighted by atomic mass is 16.5. The van der Waals surface area contributed by atoms with Gasteiger partial charge in [0.25, 0.3) is 0 Å². The second-order valence-electron chi connectivity index (χ2n) is 3.54. The van der Waals surface area contributed by atoms with Crippen molar-refractivity contribution in [2.75, 3.05) is 6.61 Å². The highest BCUT2D eigenvalue weighted by Crippen LogP contribution is 2.23. The maximum atomic E-state index is 5.61. The number of H-pyrrole nitrogens is 1. The van der Waals surface area contributed by atoms with E-state index in [0.29, 0.717) is 0 Å². The van der Waals surface area contributed by atoms with Crippen LogP contribution in [0.4, 0.5) is 0 Å². The SMILES string of the molecule is Cc1cc(C2C=CCCO2)[nH]c1C. The molecule has 13 heavy (non-hydrogen) atoms. The fourth-order valence-electron chi connectivity index (χ4n) is 1.58. The van der Waals surface area contributed by atoms with Gasteiger partial charge in [-0.3, -0.25) is 0 Å². The number of rotatable bonds is 1.